The normalized spacial score (nSPS) is 16.2. The van der Waals surface area contributed by atoms with Crippen molar-refractivity contribution >= 4 is 60.2 Å². The van der Waals surface area contributed by atoms with E-state index in [4.69, 9.17) is 23.8 Å². The van der Waals surface area contributed by atoms with E-state index in [1.807, 2.05) is 48.5 Å². The molecule has 0 spiro atoms. The zero-order valence-corrected chi connectivity index (χ0v) is 30.1. The van der Waals surface area contributed by atoms with Gasteiger partial charge in [-0.3, -0.25) is 0 Å². The topological polar surface area (TPSA) is 65.0 Å². The Kier molecular flexibility index (Phi) is 6.69. The number of rotatable bonds is 4. The van der Waals surface area contributed by atoms with Crippen LogP contribution in [0.25, 0.3) is 94.1 Å². The second kappa shape index (κ2) is 12.1. The summed E-state index contributed by atoms with van der Waals surface area (Å²) in [4.78, 5) is 15.9. The fourth-order valence-corrected chi connectivity index (χ4v) is 8.88. The van der Waals surface area contributed by atoms with Gasteiger partial charge in [-0.25, -0.2) is 15.0 Å². The van der Waals surface area contributed by atoms with E-state index in [0.29, 0.717) is 17.5 Å². The van der Waals surface area contributed by atoms with Crippen molar-refractivity contribution in [2.45, 2.75) is 5.92 Å². The standard InChI is InChI=1S/C51H31N3O2/c1-2-12-35-31(11-1)29-42(38-14-4-3-13-37(35)38)51-53-49(52-50(54-51)41-18-10-22-46-48(41)40-16-6-8-20-44(40)56-46)33-26-24-30-23-25-32(27-34(30)28-33)36-17-9-21-45-47(36)39-15-5-7-19-43(39)55-45/h1-29,31,35H. The predicted octanol–water partition coefficient (Wildman–Crippen LogP) is 13.1. The molecule has 2 unspecified atom stereocenters. The second-order valence-electron chi connectivity index (χ2n) is 14.7. The van der Waals surface area contributed by atoms with E-state index < -0.39 is 0 Å². The SMILES string of the molecule is C1=CC2C=C(c3nc(-c4ccc5ccc(-c6cccc7oc8ccccc8c67)cc5c4)nc(-c4cccc5oc6ccccc6c45)n3)c3ccccc3C2C=C1. The Bertz CT molecular complexity index is 3340. The summed E-state index contributed by atoms with van der Waals surface area (Å²) in [5.74, 6) is 2.34. The van der Waals surface area contributed by atoms with Crippen LogP contribution in [0.5, 0.6) is 0 Å². The van der Waals surface area contributed by atoms with Crippen LogP contribution in [0.4, 0.5) is 0 Å². The zero-order valence-electron chi connectivity index (χ0n) is 30.1. The Morgan fingerprint density at radius 1 is 0.429 bits per heavy atom. The highest BCUT2D eigenvalue weighted by Gasteiger charge is 2.30. The molecule has 3 aromatic heterocycles. The lowest BCUT2D eigenvalue weighted by Crippen LogP contribution is -2.17. The first-order chi connectivity index (χ1) is 27.7. The van der Waals surface area contributed by atoms with Crippen molar-refractivity contribution in [3.05, 3.63) is 193 Å². The number of allylic oxidation sites excluding steroid dienone is 5. The smallest absolute Gasteiger partial charge is 0.164 e. The maximum atomic E-state index is 6.32. The summed E-state index contributed by atoms with van der Waals surface area (Å²) in [6.07, 6.45) is 11.2. The average Bonchev–Trinajstić information content (AvgIpc) is 3.84. The Morgan fingerprint density at radius 2 is 1.02 bits per heavy atom. The molecule has 2 aliphatic rings. The van der Waals surface area contributed by atoms with Crippen molar-refractivity contribution in [2.75, 3.05) is 0 Å². The molecule has 262 valence electrons. The molecule has 0 bridgehead atoms. The Balaban J connectivity index is 1.07. The molecule has 2 aliphatic carbocycles. The lowest BCUT2D eigenvalue weighted by Gasteiger charge is -2.30. The third-order valence-corrected chi connectivity index (χ3v) is 11.5. The molecule has 10 aromatic rings. The van der Waals surface area contributed by atoms with Gasteiger partial charge in [0.15, 0.2) is 17.5 Å². The molecule has 0 fully saturated rings. The van der Waals surface area contributed by atoms with Crippen LogP contribution in [-0.2, 0) is 0 Å². The average molecular weight is 718 g/mol. The fraction of sp³-hybridized carbons (Fsp3) is 0.0392. The van der Waals surface area contributed by atoms with E-state index in [0.717, 1.165) is 88.0 Å². The molecule has 0 amide bonds. The van der Waals surface area contributed by atoms with Gasteiger partial charge in [0.2, 0.25) is 0 Å². The van der Waals surface area contributed by atoms with E-state index in [2.05, 4.69) is 127 Å². The molecule has 56 heavy (non-hydrogen) atoms. The molecule has 5 heteroatoms. The van der Waals surface area contributed by atoms with Gasteiger partial charge in [-0.15, -0.1) is 0 Å². The molecule has 5 nitrogen and oxygen atoms in total. The first-order valence-electron chi connectivity index (χ1n) is 19.0. The Morgan fingerprint density at radius 3 is 1.82 bits per heavy atom. The Hall–Kier alpha value is -7.37. The van der Waals surface area contributed by atoms with Crippen LogP contribution in [0.3, 0.4) is 0 Å². The number of fused-ring (bicyclic) bond motifs is 10. The number of nitrogens with zero attached hydrogens (tertiary/aromatic N) is 3. The second-order valence-corrected chi connectivity index (χ2v) is 14.7. The van der Waals surface area contributed by atoms with Gasteiger partial charge in [-0.05, 0) is 69.4 Å². The van der Waals surface area contributed by atoms with Crippen molar-refractivity contribution in [3.63, 3.8) is 0 Å². The number of furan rings is 2. The molecular weight excluding hydrogens is 687 g/mol. The van der Waals surface area contributed by atoms with Gasteiger partial charge in [0.25, 0.3) is 0 Å². The lowest BCUT2D eigenvalue weighted by molar-refractivity contribution is 0.668. The summed E-state index contributed by atoms with van der Waals surface area (Å²) in [7, 11) is 0. The van der Waals surface area contributed by atoms with Crippen LogP contribution in [-0.4, -0.2) is 15.0 Å². The minimum Gasteiger partial charge on any atom is -0.456 e. The fourth-order valence-electron chi connectivity index (χ4n) is 8.88. The Labute approximate surface area is 321 Å². The minimum absolute atomic E-state index is 0.200. The van der Waals surface area contributed by atoms with Gasteiger partial charge >= 0.3 is 0 Å². The van der Waals surface area contributed by atoms with Gasteiger partial charge in [0.05, 0.1) is 0 Å². The van der Waals surface area contributed by atoms with Gasteiger partial charge in [0.1, 0.15) is 22.3 Å². The lowest BCUT2D eigenvalue weighted by atomic mass is 9.74. The van der Waals surface area contributed by atoms with E-state index in [-0.39, 0.29) is 11.8 Å². The minimum atomic E-state index is 0.200. The quantitative estimate of drug-likeness (QED) is 0.181. The highest BCUT2D eigenvalue weighted by molar-refractivity contribution is 6.13. The van der Waals surface area contributed by atoms with Crippen molar-refractivity contribution < 1.29 is 8.83 Å². The van der Waals surface area contributed by atoms with Crippen LogP contribution < -0.4 is 0 Å². The van der Waals surface area contributed by atoms with Crippen LogP contribution in [0.15, 0.2) is 185 Å². The number of hydrogen-bond donors (Lipinski definition) is 0. The van der Waals surface area contributed by atoms with Crippen LogP contribution in [0.1, 0.15) is 22.9 Å². The highest BCUT2D eigenvalue weighted by atomic mass is 16.3. The summed E-state index contributed by atoms with van der Waals surface area (Å²) in [5.41, 5.74) is 10.9. The first kappa shape index (κ1) is 31.0. The highest BCUT2D eigenvalue weighted by Crippen LogP contribution is 2.44. The maximum absolute atomic E-state index is 6.32. The molecule has 7 aromatic carbocycles. The molecule has 2 atom stereocenters. The van der Waals surface area contributed by atoms with E-state index in [1.165, 1.54) is 5.56 Å². The van der Waals surface area contributed by atoms with Gasteiger partial charge in [-0.2, -0.15) is 0 Å². The molecule has 0 saturated heterocycles. The van der Waals surface area contributed by atoms with Gasteiger partial charge in [0, 0.05) is 50.1 Å². The van der Waals surface area contributed by atoms with Crippen molar-refractivity contribution in [2.24, 2.45) is 5.92 Å². The molecule has 0 saturated carbocycles. The summed E-state index contributed by atoms with van der Waals surface area (Å²) < 4.78 is 12.6. The van der Waals surface area contributed by atoms with E-state index >= 15 is 0 Å². The third-order valence-electron chi connectivity index (χ3n) is 11.5. The molecule has 0 aliphatic heterocycles. The summed E-state index contributed by atoms with van der Waals surface area (Å²) in [5, 5.41) is 6.50. The van der Waals surface area contributed by atoms with E-state index in [9.17, 15) is 0 Å². The van der Waals surface area contributed by atoms with Crippen molar-refractivity contribution in [1.82, 2.24) is 15.0 Å². The summed E-state index contributed by atoms with van der Waals surface area (Å²) in [6.45, 7) is 0. The monoisotopic (exact) mass is 717 g/mol. The molecule has 0 N–H and O–H groups in total. The molecule has 12 rings (SSSR count). The van der Waals surface area contributed by atoms with E-state index in [1.54, 1.807) is 0 Å². The summed E-state index contributed by atoms with van der Waals surface area (Å²) in [6, 6.07) is 50.6. The van der Waals surface area contributed by atoms with Crippen molar-refractivity contribution in [3.8, 4) is 33.9 Å². The number of aromatic nitrogens is 3. The van der Waals surface area contributed by atoms with Gasteiger partial charge < -0.3 is 8.83 Å². The van der Waals surface area contributed by atoms with Crippen LogP contribution in [0.2, 0.25) is 0 Å². The van der Waals surface area contributed by atoms with Crippen LogP contribution in [0, 0.1) is 5.92 Å². The maximum Gasteiger partial charge on any atom is 0.164 e. The third kappa shape index (κ3) is 4.77. The first-order valence-corrected chi connectivity index (χ1v) is 19.0. The van der Waals surface area contributed by atoms with Crippen LogP contribution >= 0.6 is 0 Å². The molecule has 0 radical (unpaired) electrons. The number of para-hydroxylation sites is 2. The number of benzene rings is 7. The number of hydrogen-bond acceptors (Lipinski definition) is 5. The molecular formula is C51H31N3O2. The summed E-state index contributed by atoms with van der Waals surface area (Å²) >= 11 is 0. The predicted molar refractivity (Wildman–Crippen MR) is 226 cm³/mol. The zero-order chi connectivity index (χ0) is 36.7. The largest absolute Gasteiger partial charge is 0.456 e. The van der Waals surface area contributed by atoms with Crippen molar-refractivity contribution in [1.29, 1.82) is 0 Å². The molecule has 3 heterocycles. The van der Waals surface area contributed by atoms with Gasteiger partial charge in [-0.1, -0.05) is 140 Å².